The number of fused-ring (bicyclic) bond motifs is 1. The SMILES string of the molecule is Cc1nn(-c2ccccc2)c(C)c1NC(=O)CN1CCCN(c2nc3ccccc3[nH]2)CC1. The van der Waals surface area contributed by atoms with Crippen molar-refractivity contribution in [2.45, 2.75) is 20.3 Å². The summed E-state index contributed by atoms with van der Waals surface area (Å²) >= 11 is 0. The zero-order valence-electron chi connectivity index (χ0n) is 19.1. The number of nitrogens with zero attached hydrogens (tertiary/aromatic N) is 5. The van der Waals surface area contributed by atoms with Gasteiger partial charge in [-0.1, -0.05) is 30.3 Å². The van der Waals surface area contributed by atoms with Crippen LogP contribution in [0.25, 0.3) is 16.7 Å². The molecule has 8 nitrogen and oxygen atoms in total. The molecule has 4 aromatic rings. The first-order valence-electron chi connectivity index (χ1n) is 11.4. The lowest BCUT2D eigenvalue weighted by Gasteiger charge is -2.21. The van der Waals surface area contributed by atoms with Crippen LogP contribution < -0.4 is 10.2 Å². The summed E-state index contributed by atoms with van der Waals surface area (Å²) in [6.07, 6.45) is 0.980. The van der Waals surface area contributed by atoms with Crippen LogP contribution in [0, 0.1) is 13.8 Å². The van der Waals surface area contributed by atoms with Crippen LogP contribution in [0.5, 0.6) is 0 Å². The highest BCUT2D eigenvalue weighted by Gasteiger charge is 2.21. The molecule has 1 aliphatic rings. The molecule has 1 saturated heterocycles. The van der Waals surface area contributed by atoms with Crippen molar-refractivity contribution in [2.24, 2.45) is 0 Å². The summed E-state index contributed by atoms with van der Waals surface area (Å²) in [7, 11) is 0. The summed E-state index contributed by atoms with van der Waals surface area (Å²) in [4.78, 5) is 25.5. The fourth-order valence-electron chi connectivity index (χ4n) is 4.46. The number of aromatic nitrogens is 4. The maximum atomic E-state index is 12.9. The van der Waals surface area contributed by atoms with E-state index >= 15 is 0 Å². The number of H-pyrrole nitrogens is 1. The van der Waals surface area contributed by atoms with Gasteiger partial charge in [-0.15, -0.1) is 0 Å². The number of nitrogens with one attached hydrogen (secondary N) is 2. The second-order valence-corrected chi connectivity index (χ2v) is 8.54. The van der Waals surface area contributed by atoms with Crippen molar-refractivity contribution in [1.82, 2.24) is 24.6 Å². The van der Waals surface area contributed by atoms with E-state index in [1.807, 2.05) is 73.1 Å². The maximum absolute atomic E-state index is 12.9. The number of hydrogen-bond donors (Lipinski definition) is 2. The van der Waals surface area contributed by atoms with Crippen LogP contribution in [0.1, 0.15) is 17.8 Å². The Morgan fingerprint density at radius 2 is 1.79 bits per heavy atom. The predicted molar refractivity (Wildman–Crippen MR) is 131 cm³/mol. The van der Waals surface area contributed by atoms with Gasteiger partial charge >= 0.3 is 0 Å². The maximum Gasteiger partial charge on any atom is 0.238 e. The van der Waals surface area contributed by atoms with Crippen molar-refractivity contribution >= 4 is 28.6 Å². The number of para-hydroxylation sites is 3. The first kappa shape index (κ1) is 21.2. The third-order valence-electron chi connectivity index (χ3n) is 6.19. The summed E-state index contributed by atoms with van der Waals surface area (Å²) in [5, 5.41) is 7.73. The molecule has 8 heteroatoms. The third kappa shape index (κ3) is 4.47. The van der Waals surface area contributed by atoms with E-state index in [1.165, 1.54) is 0 Å². The molecular formula is C25H29N7O. The van der Waals surface area contributed by atoms with E-state index in [-0.39, 0.29) is 5.91 Å². The topological polar surface area (TPSA) is 82.1 Å². The van der Waals surface area contributed by atoms with Crippen molar-refractivity contribution in [3.8, 4) is 5.69 Å². The second kappa shape index (κ2) is 9.07. The first-order valence-corrected chi connectivity index (χ1v) is 11.4. The van der Waals surface area contributed by atoms with Crippen LogP contribution in [0.2, 0.25) is 0 Å². The van der Waals surface area contributed by atoms with Gasteiger partial charge in [-0.05, 0) is 44.5 Å². The molecule has 2 aromatic carbocycles. The molecule has 0 saturated carbocycles. The van der Waals surface area contributed by atoms with Gasteiger partial charge in [0.15, 0.2) is 0 Å². The Kier molecular flexibility index (Phi) is 5.83. The van der Waals surface area contributed by atoms with Gasteiger partial charge in [0.05, 0.1) is 40.3 Å². The number of carbonyl (C=O) groups excluding carboxylic acids is 1. The molecule has 170 valence electrons. The largest absolute Gasteiger partial charge is 0.341 e. The smallest absolute Gasteiger partial charge is 0.238 e. The zero-order valence-corrected chi connectivity index (χ0v) is 19.1. The molecule has 2 aromatic heterocycles. The standard InChI is InChI=1S/C25H29N7O/c1-18-24(19(2)32(29-18)20-9-4-3-5-10-20)28-23(33)17-30-13-8-14-31(16-15-30)25-26-21-11-6-7-12-22(21)27-25/h3-7,9-12H,8,13-17H2,1-2H3,(H,26,27)(H,28,33). The van der Waals surface area contributed by atoms with Crippen LogP contribution in [0.15, 0.2) is 54.6 Å². The minimum Gasteiger partial charge on any atom is -0.341 e. The lowest BCUT2D eigenvalue weighted by Crippen LogP contribution is -2.36. The zero-order chi connectivity index (χ0) is 22.8. The lowest BCUT2D eigenvalue weighted by atomic mass is 10.3. The van der Waals surface area contributed by atoms with Crippen LogP contribution >= 0.6 is 0 Å². The molecule has 0 unspecified atom stereocenters. The van der Waals surface area contributed by atoms with Crippen LogP contribution in [0.3, 0.4) is 0 Å². The molecule has 3 heterocycles. The fourth-order valence-corrected chi connectivity index (χ4v) is 4.46. The third-order valence-corrected chi connectivity index (χ3v) is 6.19. The summed E-state index contributed by atoms with van der Waals surface area (Å²) in [5.74, 6) is 0.896. The average Bonchev–Trinajstić information content (AvgIpc) is 3.28. The van der Waals surface area contributed by atoms with Gasteiger partial charge in [-0.3, -0.25) is 9.69 Å². The molecule has 0 aliphatic carbocycles. The monoisotopic (exact) mass is 443 g/mol. The predicted octanol–water partition coefficient (Wildman–Crippen LogP) is 3.52. The van der Waals surface area contributed by atoms with Crippen molar-refractivity contribution in [1.29, 1.82) is 0 Å². The molecule has 0 spiro atoms. The molecule has 0 atom stereocenters. The van der Waals surface area contributed by atoms with Crippen molar-refractivity contribution < 1.29 is 4.79 Å². The first-order chi connectivity index (χ1) is 16.1. The molecule has 5 rings (SSSR count). The number of imidazole rings is 1. The van der Waals surface area contributed by atoms with Gasteiger partial charge < -0.3 is 15.2 Å². The minimum absolute atomic E-state index is 0.00833. The van der Waals surface area contributed by atoms with Gasteiger partial charge in [-0.2, -0.15) is 5.10 Å². The number of aromatic amines is 1. The van der Waals surface area contributed by atoms with Crippen molar-refractivity contribution in [3.63, 3.8) is 0 Å². The number of rotatable bonds is 5. The van der Waals surface area contributed by atoms with E-state index < -0.39 is 0 Å². The van der Waals surface area contributed by atoms with Gasteiger partial charge in [0.2, 0.25) is 11.9 Å². The average molecular weight is 444 g/mol. The van der Waals surface area contributed by atoms with Gasteiger partial charge in [0.1, 0.15) is 0 Å². The van der Waals surface area contributed by atoms with E-state index in [0.717, 1.165) is 72.3 Å². The molecule has 0 bridgehead atoms. The Morgan fingerprint density at radius 1 is 1.00 bits per heavy atom. The van der Waals surface area contributed by atoms with Gasteiger partial charge in [-0.25, -0.2) is 9.67 Å². The van der Waals surface area contributed by atoms with Gasteiger partial charge in [0.25, 0.3) is 0 Å². The van der Waals surface area contributed by atoms with Gasteiger partial charge in [0, 0.05) is 26.2 Å². The molecule has 0 radical (unpaired) electrons. The molecule has 1 aliphatic heterocycles. The van der Waals surface area contributed by atoms with E-state index in [4.69, 9.17) is 4.98 Å². The Bertz CT molecular complexity index is 1230. The van der Waals surface area contributed by atoms with Crippen LogP contribution in [0.4, 0.5) is 11.6 Å². The van der Waals surface area contributed by atoms with Crippen molar-refractivity contribution in [2.75, 3.05) is 42.9 Å². The minimum atomic E-state index is -0.00833. The van der Waals surface area contributed by atoms with Crippen molar-refractivity contribution in [3.05, 3.63) is 66.0 Å². The van der Waals surface area contributed by atoms with Crippen LogP contribution in [-0.4, -0.2) is 63.3 Å². The lowest BCUT2D eigenvalue weighted by molar-refractivity contribution is -0.117. The summed E-state index contributed by atoms with van der Waals surface area (Å²) in [6.45, 7) is 7.72. The number of amides is 1. The number of carbonyl (C=O) groups is 1. The Morgan fingerprint density at radius 3 is 2.61 bits per heavy atom. The molecule has 1 fully saturated rings. The molecule has 2 N–H and O–H groups in total. The summed E-state index contributed by atoms with van der Waals surface area (Å²) < 4.78 is 1.88. The summed E-state index contributed by atoms with van der Waals surface area (Å²) in [5.41, 5.74) is 5.56. The quantitative estimate of drug-likeness (QED) is 0.493. The van der Waals surface area contributed by atoms with Crippen LogP contribution in [-0.2, 0) is 4.79 Å². The Hall–Kier alpha value is -3.65. The highest BCUT2D eigenvalue weighted by atomic mass is 16.2. The highest BCUT2D eigenvalue weighted by Crippen LogP contribution is 2.23. The number of anilines is 2. The normalized spacial score (nSPS) is 15.0. The summed E-state index contributed by atoms with van der Waals surface area (Å²) in [6, 6.07) is 18.1. The molecule has 1 amide bonds. The number of hydrogen-bond acceptors (Lipinski definition) is 5. The number of aryl methyl sites for hydroxylation is 1. The molecule has 33 heavy (non-hydrogen) atoms. The Labute approximate surface area is 193 Å². The highest BCUT2D eigenvalue weighted by molar-refractivity contribution is 5.93. The van der Waals surface area contributed by atoms with E-state index in [1.54, 1.807) is 0 Å². The van der Waals surface area contributed by atoms with E-state index in [9.17, 15) is 4.79 Å². The molecular weight excluding hydrogens is 414 g/mol. The van der Waals surface area contributed by atoms with E-state index in [0.29, 0.717) is 6.54 Å². The Balaban J connectivity index is 1.21. The van der Waals surface area contributed by atoms with E-state index in [2.05, 4.69) is 25.2 Å². The number of benzene rings is 2. The second-order valence-electron chi connectivity index (χ2n) is 8.54. The fraction of sp³-hybridized carbons (Fsp3) is 0.320.